The molecular weight excluding hydrogens is 438 g/mol. The van der Waals surface area contributed by atoms with Crippen molar-refractivity contribution in [2.24, 2.45) is 5.92 Å². The van der Waals surface area contributed by atoms with E-state index in [1.54, 1.807) is 12.1 Å². The summed E-state index contributed by atoms with van der Waals surface area (Å²) in [6, 6.07) is 10.3. The highest BCUT2D eigenvalue weighted by Gasteiger charge is 2.36. The third kappa shape index (κ3) is 4.62. The number of hydrogen-bond acceptors (Lipinski definition) is 5. The lowest BCUT2D eigenvalue weighted by atomic mass is 9.90. The summed E-state index contributed by atoms with van der Waals surface area (Å²) in [5.41, 5.74) is 2.46. The maximum absolute atomic E-state index is 11.6. The first-order chi connectivity index (χ1) is 16.5. The Balaban J connectivity index is 1.26. The summed E-state index contributed by atoms with van der Waals surface area (Å²) >= 11 is 0. The van der Waals surface area contributed by atoms with E-state index in [4.69, 9.17) is 14.2 Å². The fourth-order valence-electron chi connectivity index (χ4n) is 5.08. The highest BCUT2D eigenvalue weighted by Crippen LogP contribution is 2.41. The lowest BCUT2D eigenvalue weighted by Crippen LogP contribution is -2.48. The first kappa shape index (κ1) is 22.4. The largest absolute Gasteiger partial charge is 0.493 e. The van der Waals surface area contributed by atoms with E-state index in [2.05, 4.69) is 0 Å². The van der Waals surface area contributed by atoms with Gasteiger partial charge in [0, 0.05) is 6.42 Å². The molecule has 8 nitrogen and oxygen atoms in total. The van der Waals surface area contributed by atoms with Crippen LogP contribution in [-0.2, 0) is 17.8 Å². The summed E-state index contributed by atoms with van der Waals surface area (Å²) in [4.78, 5) is 24.1. The summed E-state index contributed by atoms with van der Waals surface area (Å²) in [6.07, 6.45) is 4.96. The Kier molecular flexibility index (Phi) is 6.22. The minimum Gasteiger partial charge on any atom is -0.493 e. The number of carbonyl (C=O) groups is 2. The average Bonchev–Trinajstić information content (AvgIpc) is 2.86. The number of nitrogens with zero attached hydrogens (tertiary/aromatic N) is 1. The zero-order valence-electron chi connectivity index (χ0n) is 18.9. The van der Waals surface area contributed by atoms with Gasteiger partial charge in [0.15, 0.2) is 17.6 Å². The van der Waals surface area contributed by atoms with Gasteiger partial charge in [-0.05, 0) is 59.7 Å². The lowest BCUT2D eigenvalue weighted by molar-refractivity contribution is -0.143. The van der Waals surface area contributed by atoms with Gasteiger partial charge < -0.3 is 24.4 Å². The summed E-state index contributed by atoms with van der Waals surface area (Å²) in [7, 11) is 0. The van der Waals surface area contributed by atoms with E-state index in [1.807, 2.05) is 24.3 Å². The van der Waals surface area contributed by atoms with Gasteiger partial charge in [-0.3, -0.25) is 4.90 Å². The number of ether oxygens (including phenoxy) is 3. The normalized spacial score (nSPS) is 22.1. The van der Waals surface area contributed by atoms with E-state index in [1.165, 1.54) is 32.1 Å². The molecule has 2 heterocycles. The van der Waals surface area contributed by atoms with Gasteiger partial charge in [0.1, 0.15) is 18.4 Å². The molecule has 0 radical (unpaired) electrons. The van der Waals surface area contributed by atoms with Crippen LogP contribution < -0.4 is 14.2 Å². The van der Waals surface area contributed by atoms with Crippen molar-refractivity contribution in [2.75, 3.05) is 13.2 Å². The molecule has 2 aromatic carbocycles. The minimum absolute atomic E-state index is 0.00400. The fraction of sp³-hybridized carbons (Fsp3) is 0.462. The average molecular weight is 468 g/mol. The van der Waals surface area contributed by atoms with Crippen molar-refractivity contribution in [3.63, 3.8) is 0 Å². The molecule has 0 unspecified atom stereocenters. The Labute approximate surface area is 198 Å². The quantitative estimate of drug-likeness (QED) is 0.659. The molecule has 0 aromatic heterocycles. The highest BCUT2D eigenvalue weighted by atomic mass is 16.6. The molecule has 5 rings (SSSR count). The molecule has 1 saturated carbocycles. The number of fused-ring (bicyclic) bond motifs is 2. The molecular formula is C26H29NO7. The van der Waals surface area contributed by atoms with Crippen LogP contribution in [0, 0.1) is 5.92 Å². The molecule has 2 aliphatic heterocycles. The zero-order chi connectivity index (χ0) is 23.7. The second-order valence-corrected chi connectivity index (χ2v) is 9.34. The molecule has 0 saturated heterocycles. The second-order valence-electron chi connectivity index (χ2n) is 9.34. The third-order valence-electron chi connectivity index (χ3n) is 7.05. The molecule has 2 atom stereocenters. The zero-order valence-corrected chi connectivity index (χ0v) is 18.9. The monoisotopic (exact) mass is 467 g/mol. The maximum Gasteiger partial charge on any atom is 0.408 e. The van der Waals surface area contributed by atoms with Gasteiger partial charge in [0.05, 0.1) is 13.2 Å². The van der Waals surface area contributed by atoms with E-state index in [-0.39, 0.29) is 19.1 Å². The first-order valence-corrected chi connectivity index (χ1v) is 11.9. The molecule has 180 valence electrons. The predicted octanol–water partition coefficient (Wildman–Crippen LogP) is 4.65. The number of hydrogen-bond donors (Lipinski definition) is 2. The standard InChI is InChI=1S/C26H29NO7/c28-25(29)21-10-18-11-22-23(12-19(18)13-27(21)26(30)31)34-24(15-33-22)17-6-8-20(9-7-17)32-14-16-4-2-1-3-5-16/h6-9,11-12,16,21,24H,1-5,10,13-15H2,(H,28,29)(H,30,31)/t21-,24+/m0/s1. The lowest BCUT2D eigenvalue weighted by Gasteiger charge is -2.34. The number of carboxylic acid groups (broad SMARTS) is 2. The topological polar surface area (TPSA) is 106 Å². The summed E-state index contributed by atoms with van der Waals surface area (Å²) in [5, 5.41) is 18.9. The number of amides is 1. The van der Waals surface area contributed by atoms with Crippen LogP contribution in [-0.4, -0.2) is 46.4 Å². The van der Waals surface area contributed by atoms with E-state index < -0.39 is 18.1 Å². The number of benzene rings is 2. The molecule has 1 amide bonds. The second kappa shape index (κ2) is 9.44. The van der Waals surface area contributed by atoms with Gasteiger partial charge in [-0.1, -0.05) is 31.4 Å². The summed E-state index contributed by atoms with van der Waals surface area (Å²) in [6.45, 7) is 1.09. The molecule has 3 aliphatic rings. The van der Waals surface area contributed by atoms with Crippen LogP contribution in [0.3, 0.4) is 0 Å². The molecule has 34 heavy (non-hydrogen) atoms. The Morgan fingerprint density at radius 2 is 1.74 bits per heavy atom. The van der Waals surface area contributed by atoms with Crippen LogP contribution >= 0.6 is 0 Å². The Morgan fingerprint density at radius 3 is 2.44 bits per heavy atom. The Hall–Kier alpha value is -3.42. The smallest absolute Gasteiger partial charge is 0.408 e. The first-order valence-electron chi connectivity index (χ1n) is 11.9. The van der Waals surface area contributed by atoms with Crippen LogP contribution in [0.4, 0.5) is 4.79 Å². The van der Waals surface area contributed by atoms with Gasteiger partial charge in [-0.25, -0.2) is 9.59 Å². The van der Waals surface area contributed by atoms with Crippen LogP contribution in [0.5, 0.6) is 17.2 Å². The SMILES string of the molecule is O=C(O)[C@@H]1Cc2cc3c(cc2CN1C(=O)O)O[C@@H](c1ccc(OCC2CCCCC2)cc1)CO3. The van der Waals surface area contributed by atoms with Crippen LogP contribution in [0.2, 0.25) is 0 Å². The Morgan fingerprint density at radius 1 is 1.00 bits per heavy atom. The highest BCUT2D eigenvalue weighted by molar-refractivity contribution is 5.80. The van der Waals surface area contributed by atoms with Crippen molar-refractivity contribution >= 4 is 12.1 Å². The predicted molar refractivity (Wildman–Crippen MR) is 123 cm³/mol. The van der Waals surface area contributed by atoms with Crippen molar-refractivity contribution in [3.05, 3.63) is 53.1 Å². The molecule has 2 N–H and O–H groups in total. The van der Waals surface area contributed by atoms with Gasteiger partial charge in [-0.2, -0.15) is 0 Å². The minimum atomic E-state index is -1.25. The number of rotatable bonds is 5. The molecule has 8 heteroatoms. The van der Waals surface area contributed by atoms with E-state index >= 15 is 0 Å². The third-order valence-corrected chi connectivity index (χ3v) is 7.05. The van der Waals surface area contributed by atoms with E-state index in [0.717, 1.165) is 33.9 Å². The summed E-state index contributed by atoms with van der Waals surface area (Å²) < 4.78 is 18.1. The fourth-order valence-corrected chi connectivity index (χ4v) is 5.08. The van der Waals surface area contributed by atoms with Crippen molar-refractivity contribution in [2.45, 2.75) is 57.2 Å². The van der Waals surface area contributed by atoms with Crippen molar-refractivity contribution in [1.29, 1.82) is 0 Å². The van der Waals surface area contributed by atoms with E-state index in [0.29, 0.717) is 24.0 Å². The molecule has 0 spiro atoms. The number of carboxylic acids is 1. The van der Waals surface area contributed by atoms with E-state index in [9.17, 15) is 19.8 Å². The van der Waals surface area contributed by atoms with Crippen molar-refractivity contribution in [3.8, 4) is 17.2 Å². The molecule has 1 aliphatic carbocycles. The molecule has 0 bridgehead atoms. The van der Waals surface area contributed by atoms with Gasteiger partial charge in [-0.15, -0.1) is 0 Å². The molecule has 1 fully saturated rings. The Bertz CT molecular complexity index is 1060. The summed E-state index contributed by atoms with van der Waals surface area (Å²) in [5.74, 6) is 1.42. The molecule has 2 aromatic rings. The van der Waals surface area contributed by atoms with Crippen LogP contribution in [0.1, 0.15) is 54.9 Å². The van der Waals surface area contributed by atoms with Gasteiger partial charge in [0.2, 0.25) is 0 Å². The van der Waals surface area contributed by atoms with Crippen molar-refractivity contribution < 1.29 is 34.0 Å². The van der Waals surface area contributed by atoms with Gasteiger partial charge >= 0.3 is 12.1 Å². The van der Waals surface area contributed by atoms with Gasteiger partial charge in [0.25, 0.3) is 0 Å². The number of aliphatic carboxylic acids is 1. The van der Waals surface area contributed by atoms with Crippen LogP contribution in [0.25, 0.3) is 0 Å². The van der Waals surface area contributed by atoms with Crippen molar-refractivity contribution in [1.82, 2.24) is 4.90 Å². The maximum atomic E-state index is 11.6. The van der Waals surface area contributed by atoms with Crippen LogP contribution in [0.15, 0.2) is 36.4 Å².